The van der Waals surface area contributed by atoms with Crippen LogP contribution in [0.15, 0.2) is 66.8 Å². The second-order valence-electron chi connectivity index (χ2n) is 9.85. The molecule has 4 heterocycles. The molecular formula is C27H31F3N8O. The third kappa shape index (κ3) is 6.28. The number of hydrazine groups is 1. The number of urea groups is 1. The highest BCUT2D eigenvalue weighted by Crippen LogP contribution is 2.26. The Kier molecular flexibility index (Phi) is 7.38. The summed E-state index contributed by atoms with van der Waals surface area (Å²) in [5, 5.41) is 4.24. The zero-order chi connectivity index (χ0) is 27.6. The number of alkyl halides is 3. The first-order chi connectivity index (χ1) is 18.7. The van der Waals surface area contributed by atoms with Crippen LogP contribution in [0.2, 0.25) is 0 Å². The molecule has 2 aliphatic heterocycles. The average Bonchev–Trinajstić information content (AvgIpc) is 3.35. The molecule has 3 aromatic rings. The number of amides is 2. The minimum absolute atomic E-state index is 0.370. The number of rotatable bonds is 6. The number of hydrogen-bond acceptors (Lipinski definition) is 6. The molecular weight excluding hydrogens is 509 g/mol. The first kappa shape index (κ1) is 26.4. The van der Waals surface area contributed by atoms with Gasteiger partial charge in [0.05, 0.1) is 17.6 Å². The molecule has 12 heteroatoms. The fraction of sp³-hybridized carbons (Fsp3) is 0.333. The van der Waals surface area contributed by atoms with Gasteiger partial charge in [-0.05, 0) is 63.4 Å². The summed E-state index contributed by atoms with van der Waals surface area (Å²) in [6.45, 7) is 0.607. The normalized spacial score (nSPS) is 16.4. The van der Waals surface area contributed by atoms with E-state index in [1.54, 1.807) is 29.7 Å². The predicted molar refractivity (Wildman–Crippen MR) is 144 cm³/mol. The first-order valence-electron chi connectivity index (χ1n) is 12.7. The number of imidazole rings is 1. The quantitative estimate of drug-likeness (QED) is 0.378. The molecule has 1 fully saturated rings. The largest absolute Gasteiger partial charge is 0.405 e. The van der Waals surface area contributed by atoms with Crippen LogP contribution in [-0.4, -0.2) is 71.2 Å². The lowest BCUT2D eigenvalue weighted by Gasteiger charge is -2.38. The summed E-state index contributed by atoms with van der Waals surface area (Å²) < 4.78 is 39.0. The third-order valence-corrected chi connectivity index (χ3v) is 6.96. The van der Waals surface area contributed by atoms with Crippen LogP contribution in [0.5, 0.6) is 0 Å². The summed E-state index contributed by atoms with van der Waals surface area (Å²) in [7, 11) is 4.27. The molecule has 2 amide bonds. The van der Waals surface area contributed by atoms with Crippen LogP contribution >= 0.6 is 0 Å². The highest BCUT2D eigenvalue weighted by molar-refractivity contribution is 5.90. The van der Waals surface area contributed by atoms with Crippen molar-refractivity contribution >= 4 is 23.1 Å². The van der Waals surface area contributed by atoms with Crippen LogP contribution in [0, 0.1) is 0 Å². The van der Waals surface area contributed by atoms with Crippen molar-refractivity contribution in [3.8, 4) is 11.3 Å². The van der Waals surface area contributed by atoms with Crippen molar-refractivity contribution < 1.29 is 18.0 Å². The number of halogens is 3. The number of aromatic nitrogens is 2. The van der Waals surface area contributed by atoms with E-state index < -0.39 is 18.8 Å². The number of pyridine rings is 1. The molecule has 0 spiro atoms. The van der Waals surface area contributed by atoms with E-state index in [1.165, 1.54) is 0 Å². The molecule has 0 atom stereocenters. The lowest BCUT2D eigenvalue weighted by molar-refractivity contribution is -0.122. The number of benzene rings is 1. The minimum Gasteiger partial charge on any atom is -0.357 e. The second kappa shape index (κ2) is 10.9. The number of likely N-dealkylation sites (tertiary alicyclic amines) is 1. The molecule has 2 aromatic heterocycles. The maximum Gasteiger partial charge on any atom is 0.405 e. The number of carbonyl (C=O) groups excluding carboxylic acids is 1. The van der Waals surface area contributed by atoms with Gasteiger partial charge in [0.2, 0.25) is 0 Å². The highest BCUT2D eigenvalue weighted by Gasteiger charge is 2.27. The average molecular weight is 541 g/mol. The van der Waals surface area contributed by atoms with Gasteiger partial charge in [0.1, 0.15) is 18.0 Å². The molecule has 4 N–H and O–H groups in total. The number of fused-ring (bicyclic) bond motifs is 1. The molecule has 0 bridgehead atoms. The summed E-state index contributed by atoms with van der Waals surface area (Å²) in [6, 6.07) is 10.5. The lowest BCUT2D eigenvalue weighted by Crippen LogP contribution is -2.46. The summed E-state index contributed by atoms with van der Waals surface area (Å²) in [4.78, 5) is 21.0. The number of nitrogens with zero attached hydrogens (tertiary/aromatic N) is 4. The molecule has 1 saturated heterocycles. The Bertz CT molecular complexity index is 1400. The molecule has 0 aliphatic carbocycles. The van der Waals surface area contributed by atoms with Crippen molar-refractivity contribution in [3.63, 3.8) is 0 Å². The van der Waals surface area contributed by atoms with E-state index in [2.05, 4.69) is 57.2 Å². The Labute approximate surface area is 224 Å². The lowest BCUT2D eigenvalue weighted by atomic mass is 10.0. The Morgan fingerprint density at radius 1 is 1.10 bits per heavy atom. The van der Waals surface area contributed by atoms with Crippen molar-refractivity contribution in [1.82, 2.24) is 35.4 Å². The Morgan fingerprint density at radius 2 is 1.90 bits per heavy atom. The van der Waals surface area contributed by atoms with Gasteiger partial charge in [0, 0.05) is 42.1 Å². The SMILES string of the molecule is CN(C)C1CCN(C2=CC=C(c3ccn4c(-c5cccc(NC(=O)NCC(F)(F)F)c5)cnc4c3)NN2)CC1. The number of nitrogens with one attached hydrogen (secondary N) is 4. The first-order valence-corrected chi connectivity index (χ1v) is 12.7. The van der Waals surface area contributed by atoms with E-state index in [4.69, 9.17) is 0 Å². The fourth-order valence-corrected chi connectivity index (χ4v) is 4.83. The molecule has 0 saturated carbocycles. The van der Waals surface area contributed by atoms with Gasteiger partial charge in [-0.1, -0.05) is 12.1 Å². The molecule has 1 aromatic carbocycles. The van der Waals surface area contributed by atoms with Crippen molar-refractivity contribution in [1.29, 1.82) is 0 Å². The molecule has 0 unspecified atom stereocenters. The van der Waals surface area contributed by atoms with E-state index in [0.29, 0.717) is 11.7 Å². The molecule has 206 valence electrons. The summed E-state index contributed by atoms with van der Waals surface area (Å²) in [5.41, 5.74) is 11.1. The van der Waals surface area contributed by atoms with Crippen LogP contribution in [-0.2, 0) is 0 Å². The molecule has 2 aliphatic rings. The molecule has 5 rings (SSSR count). The monoisotopic (exact) mass is 540 g/mol. The number of piperidine rings is 1. The minimum atomic E-state index is -4.48. The molecule has 9 nitrogen and oxygen atoms in total. The van der Waals surface area contributed by atoms with Crippen LogP contribution in [0.3, 0.4) is 0 Å². The topological polar surface area (TPSA) is 89.0 Å². The zero-order valence-electron chi connectivity index (χ0n) is 21.7. The standard InChI is InChI=1S/C27H31F3N8O/c1-36(2)21-9-11-37(12-10-21)24-7-6-22(34-35-24)18-8-13-38-23(16-31-25(38)15-18)19-4-3-5-20(14-19)33-26(39)32-17-27(28,29)30/h3-8,13-16,21,34-35H,9-12,17H2,1-2H3,(H2,32,33,39). The van der Waals surface area contributed by atoms with Gasteiger partial charge in [-0.15, -0.1) is 0 Å². The van der Waals surface area contributed by atoms with Gasteiger partial charge in [-0.3, -0.25) is 15.3 Å². The van der Waals surface area contributed by atoms with E-state index >= 15 is 0 Å². The highest BCUT2D eigenvalue weighted by atomic mass is 19.4. The Hall–Kier alpha value is -4.19. The zero-order valence-corrected chi connectivity index (χ0v) is 21.7. The van der Waals surface area contributed by atoms with E-state index in [1.807, 2.05) is 28.8 Å². The maximum atomic E-state index is 12.4. The summed E-state index contributed by atoms with van der Waals surface area (Å²) in [5.74, 6) is 1.06. The fourth-order valence-electron chi connectivity index (χ4n) is 4.83. The number of hydrogen-bond donors (Lipinski definition) is 4. The van der Waals surface area contributed by atoms with Crippen molar-refractivity contribution in [2.75, 3.05) is 39.0 Å². The van der Waals surface area contributed by atoms with E-state index in [0.717, 1.165) is 59.9 Å². The molecule has 39 heavy (non-hydrogen) atoms. The molecule has 0 radical (unpaired) electrons. The van der Waals surface area contributed by atoms with Gasteiger partial charge in [0.15, 0.2) is 0 Å². The van der Waals surface area contributed by atoms with Crippen LogP contribution in [0.4, 0.5) is 23.7 Å². The van der Waals surface area contributed by atoms with E-state index in [-0.39, 0.29) is 0 Å². The third-order valence-electron chi connectivity index (χ3n) is 6.96. The van der Waals surface area contributed by atoms with Gasteiger partial charge in [-0.2, -0.15) is 13.2 Å². The van der Waals surface area contributed by atoms with Gasteiger partial charge >= 0.3 is 12.2 Å². The number of allylic oxidation sites excluding steroid dienone is 2. The number of carbonyl (C=O) groups is 1. The second-order valence-corrected chi connectivity index (χ2v) is 9.85. The van der Waals surface area contributed by atoms with Crippen molar-refractivity contribution in [2.24, 2.45) is 0 Å². The smallest absolute Gasteiger partial charge is 0.357 e. The van der Waals surface area contributed by atoms with Gasteiger partial charge in [-0.25, -0.2) is 9.78 Å². The Morgan fingerprint density at radius 3 is 2.59 bits per heavy atom. The summed E-state index contributed by atoms with van der Waals surface area (Å²) >= 11 is 0. The predicted octanol–water partition coefficient (Wildman–Crippen LogP) is 4.00. The maximum absolute atomic E-state index is 12.4. The van der Waals surface area contributed by atoms with Gasteiger partial charge < -0.3 is 20.4 Å². The van der Waals surface area contributed by atoms with Gasteiger partial charge in [0.25, 0.3) is 0 Å². The van der Waals surface area contributed by atoms with E-state index in [9.17, 15) is 18.0 Å². The Balaban J connectivity index is 1.28. The van der Waals surface area contributed by atoms with Crippen LogP contribution in [0.1, 0.15) is 18.4 Å². The van der Waals surface area contributed by atoms with Crippen LogP contribution in [0.25, 0.3) is 22.6 Å². The summed E-state index contributed by atoms with van der Waals surface area (Å²) in [6.07, 6.45) is 5.56. The van der Waals surface area contributed by atoms with Crippen molar-refractivity contribution in [2.45, 2.75) is 25.1 Å². The number of anilines is 1. The van der Waals surface area contributed by atoms with Crippen LogP contribution < -0.4 is 21.5 Å². The van der Waals surface area contributed by atoms with Crippen molar-refractivity contribution in [3.05, 3.63) is 72.3 Å².